The Bertz CT molecular complexity index is 430. The number of piperazine rings is 1. The van der Waals surface area contributed by atoms with Crippen molar-refractivity contribution in [2.45, 2.75) is 18.5 Å². The Morgan fingerprint density at radius 3 is 2.95 bits per heavy atom. The highest BCUT2D eigenvalue weighted by molar-refractivity contribution is 5.83. The Balaban J connectivity index is 1.88. The maximum Gasteiger partial charge on any atom is 0.326 e. The van der Waals surface area contributed by atoms with Gasteiger partial charge in [0.2, 0.25) is 0 Å². The summed E-state index contributed by atoms with van der Waals surface area (Å²) >= 11 is 0. The van der Waals surface area contributed by atoms with E-state index in [-0.39, 0.29) is 25.1 Å². The predicted molar refractivity (Wildman–Crippen MR) is 71.9 cm³/mol. The van der Waals surface area contributed by atoms with Gasteiger partial charge in [-0.25, -0.2) is 14.4 Å². The molecule has 2 atom stereocenters. The standard InChI is InChI=1S/C12H20N4O5/c1-21-5-2-9(10(17)18)14-12(20)15-3-4-16-8(7-15)6-13-11(16)19/h8-9H,2-7H2,1H3,(H,13,19)(H,14,20)(H,17,18). The lowest BCUT2D eigenvalue weighted by Crippen LogP contribution is -2.57. The number of carbonyl (C=O) groups excluding carboxylic acids is 2. The number of hydrogen-bond donors (Lipinski definition) is 3. The normalized spacial score (nSPS) is 22.5. The molecule has 118 valence electrons. The molecule has 2 saturated heterocycles. The first kappa shape index (κ1) is 15.4. The molecule has 4 amide bonds. The predicted octanol–water partition coefficient (Wildman–Crippen LogP) is -1.10. The van der Waals surface area contributed by atoms with Crippen molar-refractivity contribution in [2.75, 3.05) is 39.9 Å². The smallest absolute Gasteiger partial charge is 0.326 e. The topological polar surface area (TPSA) is 111 Å². The van der Waals surface area contributed by atoms with Gasteiger partial charge >= 0.3 is 18.0 Å². The summed E-state index contributed by atoms with van der Waals surface area (Å²) in [5, 5.41) is 14.3. The quantitative estimate of drug-likeness (QED) is 0.596. The summed E-state index contributed by atoms with van der Waals surface area (Å²) in [4.78, 5) is 37.9. The molecule has 2 rings (SSSR count). The van der Waals surface area contributed by atoms with E-state index in [9.17, 15) is 14.4 Å². The van der Waals surface area contributed by atoms with Gasteiger partial charge in [-0.15, -0.1) is 0 Å². The number of carbonyl (C=O) groups is 3. The van der Waals surface area contributed by atoms with Gasteiger partial charge < -0.3 is 30.3 Å². The molecule has 21 heavy (non-hydrogen) atoms. The summed E-state index contributed by atoms with van der Waals surface area (Å²) in [6.45, 7) is 2.02. The average molecular weight is 300 g/mol. The molecule has 2 aliphatic heterocycles. The lowest BCUT2D eigenvalue weighted by molar-refractivity contribution is -0.139. The number of carboxylic acids is 1. The molecule has 9 heteroatoms. The second-order valence-electron chi connectivity index (χ2n) is 5.10. The fourth-order valence-electron chi connectivity index (χ4n) is 2.52. The van der Waals surface area contributed by atoms with Gasteiger partial charge in [-0.05, 0) is 0 Å². The van der Waals surface area contributed by atoms with Gasteiger partial charge in [-0.3, -0.25) is 0 Å². The zero-order valence-electron chi connectivity index (χ0n) is 11.9. The summed E-state index contributed by atoms with van der Waals surface area (Å²) in [6.07, 6.45) is 0.209. The van der Waals surface area contributed by atoms with E-state index in [1.807, 2.05) is 0 Å². The summed E-state index contributed by atoms with van der Waals surface area (Å²) in [7, 11) is 1.48. The van der Waals surface area contributed by atoms with Crippen LogP contribution in [-0.4, -0.2) is 84.9 Å². The second kappa shape index (κ2) is 6.61. The van der Waals surface area contributed by atoms with Crippen LogP contribution in [0.1, 0.15) is 6.42 Å². The molecule has 2 heterocycles. The summed E-state index contributed by atoms with van der Waals surface area (Å²) < 4.78 is 4.84. The molecular formula is C12H20N4O5. The van der Waals surface area contributed by atoms with Crippen LogP contribution in [0.2, 0.25) is 0 Å². The van der Waals surface area contributed by atoms with Crippen LogP contribution in [0.15, 0.2) is 0 Å². The van der Waals surface area contributed by atoms with Crippen LogP contribution in [0.3, 0.4) is 0 Å². The van der Waals surface area contributed by atoms with Crippen molar-refractivity contribution in [3.05, 3.63) is 0 Å². The van der Waals surface area contributed by atoms with Crippen LogP contribution in [0.5, 0.6) is 0 Å². The maximum atomic E-state index is 12.1. The number of hydrogen-bond acceptors (Lipinski definition) is 4. The summed E-state index contributed by atoms with van der Waals surface area (Å²) in [5.74, 6) is -1.09. The van der Waals surface area contributed by atoms with Crippen molar-refractivity contribution < 1.29 is 24.2 Å². The Labute approximate surface area is 122 Å². The van der Waals surface area contributed by atoms with Gasteiger partial charge in [-0.1, -0.05) is 0 Å². The first-order valence-electron chi connectivity index (χ1n) is 6.84. The number of methoxy groups -OCH3 is 1. The molecule has 0 aromatic rings. The minimum atomic E-state index is -1.09. The van der Waals surface area contributed by atoms with Crippen LogP contribution < -0.4 is 10.6 Å². The van der Waals surface area contributed by atoms with Gasteiger partial charge in [0, 0.05) is 46.3 Å². The zero-order chi connectivity index (χ0) is 15.4. The van der Waals surface area contributed by atoms with Gasteiger partial charge in [0.15, 0.2) is 0 Å². The van der Waals surface area contributed by atoms with Crippen molar-refractivity contribution >= 4 is 18.0 Å². The molecule has 2 aliphatic rings. The number of nitrogens with one attached hydrogen (secondary N) is 2. The van der Waals surface area contributed by atoms with E-state index >= 15 is 0 Å². The monoisotopic (exact) mass is 300 g/mol. The molecule has 0 aliphatic carbocycles. The van der Waals surface area contributed by atoms with Crippen LogP contribution in [0, 0.1) is 0 Å². The SMILES string of the molecule is COCCC(NC(=O)N1CCN2C(=O)NCC2C1)C(=O)O. The Morgan fingerprint density at radius 2 is 2.29 bits per heavy atom. The molecule has 3 N–H and O–H groups in total. The van der Waals surface area contributed by atoms with Crippen LogP contribution in [0.4, 0.5) is 9.59 Å². The van der Waals surface area contributed by atoms with E-state index in [1.165, 1.54) is 7.11 Å². The molecular weight excluding hydrogens is 280 g/mol. The van der Waals surface area contributed by atoms with Crippen LogP contribution >= 0.6 is 0 Å². The van der Waals surface area contributed by atoms with E-state index < -0.39 is 18.0 Å². The minimum Gasteiger partial charge on any atom is -0.480 e. The zero-order valence-corrected chi connectivity index (χ0v) is 11.9. The summed E-state index contributed by atoms with van der Waals surface area (Å²) in [5.41, 5.74) is 0. The third-order valence-corrected chi connectivity index (χ3v) is 3.73. The van der Waals surface area contributed by atoms with Crippen molar-refractivity contribution in [3.63, 3.8) is 0 Å². The lowest BCUT2D eigenvalue weighted by Gasteiger charge is -2.36. The number of urea groups is 2. The maximum absolute atomic E-state index is 12.1. The highest BCUT2D eigenvalue weighted by Gasteiger charge is 2.37. The highest BCUT2D eigenvalue weighted by Crippen LogP contribution is 2.14. The first-order valence-corrected chi connectivity index (χ1v) is 6.84. The van der Waals surface area contributed by atoms with Crippen LogP contribution in [0.25, 0.3) is 0 Å². The lowest BCUT2D eigenvalue weighted by atomic mass is 10.2. The third kappa shape index (κ3) is 3.54. The van der Waals surface area contributed by atoms with Gasteiger partial charge in [0.25, 0.3) is 0 Å². The second-order valence-corrected chi connectivity index (χ2v) is 5.10. The van der Waals surface area contributed by atoms with E-state index in [2.05, 4.69) is 10.6 Å². The number of amides is 4. The molecule has 0 bridgehead atoms. The number of rotatable bonds is 5. The largest absolute Gasteiger partial charge is 0.480 e. The molecule has 2 fully saturated rings. The van der Waals surface area contributed by atoms with E-state index in [0.29, 0.717) is 26.2 Å². The Hall–Kier alpha value is -2.03. The number of carboxylic acid groups (broad SMARTS) is 1. The summed E-state index contributed by atoms with van der Waals surface area (Å²) in [6, 6.07) is -1.54. The molecule has 0 radical (unpaired) electrons. The van der Waals surface area contributed by atoms with Crippen molar-refractivity contribution in [3.8, 4) is 0 Å². The van der Waals surface area contributed by atoms with E-state index in [4.69, 9.17) is 9.84 Å². The van der Waals surface area contributed by atoms with Crippen molar-refractivity contribution in [1.29, 1.82) is 0 Å². The number of aliphatic carboxylic acids is 1. The first-order chi connectivity index (χ1) is 10.0. The van der Waals surface area contributed by atoms with Gasteiger partial charge in [0.05, 0.1) is 6.04 Å². The molecule has 9 nitrogen and oxygen atoms in total. The Morgan fingerprint density at radius 1 is 1.52 bits per heavy atom. The number of ether oxygens (including phenoxy) is 1. The highest BCUT2D eigenvalue weighted by atomic mass is 16.5. The van der Waals surface area contributed by atoms with E-state index in [1.54, 1.807) is 9.80 Å². The minimum absolute atomic E-state index is 0.0424. The Kier molecular flexibility index (Phi) is 4.84. The molecule has 0 aromatic carbocycles. The fourth-order valence-corrected chi connectivity index (χ4v) is 2.52. The van der Waals surface area contributed by atoms with E-state index in [0.717, 1.165) is 0 Å². The fraction of sp³-hybridized carbons (Fsp3) is 0.750. The van der Waals surface area contributed by atoms with Gasteiger partial charge in [-0.2, -0.15) is 0 Å². The molecule has 0 saturated carbocycles. The molecule has 0 spiro atoms. The molecule has 0 aromatic heterocycles. The molecule has 2 unspecified atom stereocenters. The average Bonchev–Trinajstić information content (AvgIpc) is 2.84. The van der Waals surface area contributed by atoms with Crippen molar-refractivity contribution in [2.24, 2.45) is 0 Å². The van der Waals surface area contributed by atoms with Crippen LogP contribution in [-0.2, 0) is 9.53 Å². The number of nitrogens with zero attached hydrogens (tertiary/aromatic N) is 2. The van der Waals surface area contributed by atoms with Gasteiger partial charge in [0.1, 0.15) is 6.04 Å². The third-order valence-electron chi connectivity index (χ3n) is 3.73. The number of fused-ring (bicyclic) bond motifs is 1. The van der Waals surface area contributed by atoms with Crippen molar-refractivity contribution in [1.82, 2.24) is 20.4 Å².